The Balaban J connectivity index is 1.63. The van der Waals surface area contributed by atoms with Gasteiger partial charge in [-0.2, -0.15) is 0 Å². The van der Waals surface area contributed by atoms with E-state index < -0.39 is 0 Å². The van der Waals surface area contributed by atoms with Crippen LogP contribution in [0.5, 0.6) is 0 Å². The number of rotatable bonds is 4. The van der Waals surface area contributed by atoms with E-state index in [1.807, 2.05) is 16.5 Å². The van der Waals surface area contributed by atoms with Gasteiger partial charge in [0, 0.05) is 43.7 Å². The number of nitrogens with zero attached hydrogens (tertiary/aromatic N) is 3. The van der Waals surface area contributed by atoms with E-state index in [-0.39, 0.29) is 17.9 Å². The van der Waals surface area contributed by atoms with E-state index >= 15 is 0 Å². The molecule has 2 aliphatic heterocycles. The van der Waals surface area contributed by atoms with Crippen molar-refractivity contribution >= 4 is 17.2 Å². The fourth-order valence-electron chi connectivity index (χ4n) is 3.35. The van der Waals surface area contributed by atoms with Crippen LogP contribution in [0.3, 0.4) is 0 Å². The van der Waals surface area contributed by atoms with Gasteiger partial charge in [-0.05, 0) is 13.0 Å². The number of carbonyl (C=O) groups is 1. The molecule has 7 heteroatoms. The zero-order valence-electron chi connectivity index (χ0n) is 13.0. The summed E-state index contributed by atoms with van der Waals surface area (Å²) in [7, 11) is 1.56. The van der Waals surface area contributed by atoms with Gasteiger partial charge in [0.1, 0.15) is 11.6 Å². The molecule has 0 unspecified atom stereocenters. The van der Waals surface area contributed by atoms with Crippen molar-refractivity contribution in [3.8, 4) is 0 Å². The van der Waals surface area contributed by atoms with Crippen molar-refractivity contribution in [3.05, 3.63) is 16.6 Å². The van der Waals surface area contributed by atoms with Crippen LogP contribution in [0.1, 0.15) is 11.4 Å². The van der Waals surface area contributed by atoms with Crippen LogP contribution in [0.2, 0.25) is 0 Å². The first-order chi connectivity index (χ1) is 10.7. The molecule has 0 N–H and O–H groups in total. The maximum absolute atomic E-state index is 12.2. The van der Waals surface area contributed by atoms with Crippen molar-refractivity contribution < 1.29 is 14.3 Å². The molecule has 2 fully saturated rings. The summed E-state index contributed by atoms with van der Waals surface area (Å²) in [6, 6.07) is 0. The van der Waals surface area contributed by atoms with Crippen LogP contribution in [-0.2, 0) is 20.8 Å². The lowest BCUT2D eigenvalue weighted by atomic mass is 9.87. The minimum atomic E-state index is 0.0527. The number of likely N-dealkylation sites (tertiary alicyclic amines) is 1. The average molecular weight is 325 g/mol. The summed E-state index contributed by atoms with van der Waals surface area (Å²) in [5.41, 5.74) is 0.0527. The van der Waals surface area contributed by atoms with Gasteiger partial charge < -0.3 is 14.4 Å². The Kier molecular flexibility index (Phi) is 5.07. The fraction of sp³-hybridized carbons (Fsp3) is 0.733. The van der Waals surface area contributed by atoms with E-state index in [0.717, 1.165) is 44.2 Å². The quantitative estimate of drug-likeness (QED) is 0.821. The first kappa shape index (κ1) is 15.9. The van der Waals surface area contributed by atoms with Gasteiger partial charge in [0.25, 0.3) is 0 Å². The molecule has 3 rings (SSSR count). The second-order valence-corrected chi connectivity index (χ2v) is 7.17. The van der Waals surface area contributed by atoms with Crippen LogP contribution < -0.4 is 0 Å². The molecule has 1 amide bonds. The number of hydrogen-bond acceptors (Lipinski definition) is 6. The van der Waals surface area contributed by atoms with Crippen LogP contribution in [0.4, 0.5) is 0 Å². The number of ether oxygens (including phenoxy) is 2. The van der Waals surface area contributed by atoms with E-state index in [2.05, 4.69) is 9.88 Å². The number of amides is 1. The lowest BCUT2D eigenvalue weighted by Crippen LogP contribution is -2.44. The highest BCUT2D eigenvalue weighted by molar-refractivity contribution is 7.09. The smallest absolute Gasteiger partial charge is 0.248 e. The third-order valence-electron chi connectivity index (χ3n) is 4.42. The first-order valence-electron chi connectivity index (χ1n) is 7.66. The van der Waals surface area contributed by atoms with Crippen molar-refractivity contribution in [1.82, 2.24) is 14.8 Å². The molecule has 0 aromatic carbocycles. The molecular formula is C15H23N3O3S. The van der Waals surface area contributed by atoms with Crippen molar-refractivity contribution in [3.63, 3.8) is 0 Å². The van der Waals surface area contributed by atoms with Crippen LogP contribution in [-0.4, -0.2) is 73.8 Å². The molecule has 1 atom stereocenters. The number of methoxy groups -OCH3 is 1. The highest BCUT2D eigenvalue weighted by Crippen LogP contribution is 2.34. The first-order valence-corrected chi connectivity index (χ1v) is 8.54. The Hall–Kier alpha value is -1.02. The molecule has 0 aliphatic carbocycles. The third kappa shape index (κ3) is 3.65. The minimum absolute atomic E-state index is 0.0527. The lowest BCUT2D eigenvalue weighted by molar-refractivity contribution is -0.136. The van der Waals surface area contributed by atoms with Gasteiger partial charge in [0.15, 0.2) is 0 Å². The van der Waals surface area contributed by atoms with E-state index in [1.165, 1.54) is 0 Å². The summed E-state index contributed by atoms with van der Waals surface area (Å²) in [6.07, 6.45) is 2.92. The Morgan fingerprint density at radius 3 is 3.18 bits per heavy atom. The normalized spacial score (nSPS) is 26.5. The zero-order chi connectivity index (χ0) is 15.4. The number of hydrogen-bond donors (Lipinski definition) is 0. The molecule has 2 aliphatic rings. The van der Waals surface area contributed by atoms with Crippen LogP contribution >= 0.6 is 11.3 Å². The van der Waals surface area contributed by atoms with Crippen molar-refractivity contribution in [2.45, 2.75) is 13.0 Å². The number of carbonyl (C=O) groups excluding carboxylic acids is 1. The predicted molar refractivity (Wildman–Crippen MR) is 83.7 cm³/mol. The van der Waals surface area contributed by atoms with Crippen LogP contribution in [0.15, 0.2) is 11.6 Å². The van der Waals surface area contributed by atoms with Gasteiger partial charge in [-0.3, -0.25) is 9.69 Å². The molecule has 2 saturated heterocycles. The zero-order valence-corrected chi connectivity index (χ0v) is 13.8. The molecular weight excluding hydrogens is 302 g/mol. The minimum Gasteiger partial charge on any atom is -0.379 e. The highest BCUT2D eigenvalue weighted by atomic mass is 32.1. The van der Waals surface area contributed by atoms with E-state index in [1.54, 1.807) is 18.4 Å². The number of aromatic nitrogens is 1. The summed E-state index contributed by atoms with van der Waals surface area (Å²) in [4.78, 5) is 20.8. The Bertz CT molecular complexity index is 496. The van der Waals surface area contributed by atoms with Crippen LogP contribution in [0.25, 0.3) is 0 Å². The molecule has 22 heavy (non-hydrogen) atoms. The van der Waals surface area contributed by atoms with Gasteiger partial charge in [0.05, 0.1) is 19.8 Å². The van der Waals surface area contributed by atoms with E-state index in [0.29, 0.717) is 13.2 Å². The second kappa shape index (κ2) is 7.04. The Morgan fingerprint density at radius 2 is 2.41 bits per heavy atom. The Labute approximate surface area is 135 Å². The summed E-state index contributed by atoms with van der Waals surface area (Å²) in [5, 5.41) is 3.17. The molecule has 0 saturated carbocycles. The maximum Gasteiger partial charge on any atom is 0.248 e. The summed E-state index contributed by atoms with van der Waals surface area (Å²) < 4.78 is 10.8. The molecule has 6 nitrogen and oxygen atoms in total. The molecule has 1 spiro atoms. The topological polar surface area (TPSA) is 54.9 Å². The average Bonchev–Trinajstić information content (AvgIpc) is 3.08. The fourth-order valence-corrected chi connectivity index (χ4v) is 4.01. The molecule has 3 heterocycles. The predicted octanol–water partition coefficient (Wildman–Crippen LogP) is 0.840. The maximum atomic E-state index is 12.2. The summed E-state index contributed by atoms with van der Waals surface area (Å²) >= 11 is 1.70. The SMILES string of the molecule is COCC(=O)N1CCOC[C@]2(CCN(Cc3nccs3)C2)C1. The second-order valence-electron chi connectivity index (χ2n) is 6.19. The molecule has 122 valence electrons. The van der Waals surface area contributed by atoms with E-state index in [9.17, 15) is 4.79 Å². The number of thiazole rings is 1. The summed E-state index contributed by atoms with van der Waals surface area (Å²) in [6.45, 7) is 5.82. The van der Waals surface area contributed by atoms with Gasteiger partial charge in [-0.15, -0.1) is 11.3 Å². The highest BCUT2D eigenvalue weighted by Gasteiger charge is 2.42. The molecule has 0 radical (unpaired) electrons. The molecule has 0 bridgehead atoms. The van der Waals surface area contributed by atoms with Gasteiger partial charge in [0.2, 0.25) is 5.91 Å². The van der Waals surface area contributed by atoms with Gasteiger partial charge in [-0.1, -0.05) is 0 Å². The van der Waals surface area contributed by atoms with Crippen molar-refractivity contribution in [1.29, 1.82) is 0 Å². The molecule has 1 aromatic rings. The van der Waals surface area contributed by atoms with Gasteiger partial charge >= 0.3 is 0 Å². The Morgan fingerprint density at radius 1 is 1.50 bits per heavy atom. The van der Waals surface area contributed by atoms with E-state index in [4.69, 9.17) is 9.47 Å². The van der Waals surface area contributed by atoms with Crippen molar-refractivity contribution in [2.75, 3.05) is 53.1 Å². The summed E-state index contributed by atoms with van der Waals surface area (Å²) in [5.74, 6) is 0.0609. The standard InChI is InChI=1S/C15H23N3O3S/c1-20-9-14(19)18-5-6-21-12-15(11-18)2-4-17(10-15)8-13-16-3-7-22-13/h3,7H,2,4-6,8-12H2,1H3/t15-/m0/s1. The van der Waals surface area contributed by atoms with Crippen LogP contribution in [0, 0.1) is 5.41 Å². The lowest BCUT2D eigenvalue weighted by Gasteiger charge is -2.31. The third-order valence-corrected chi connectivity index (χ3v) is 5.18. The monoisotopic (exact) mass is 325 g/mol. The molecule has 1 aromatic heterocycles. The van der Waals surface area contributed by atoms with Gasteiger partial charge in [-0.25, -0.2) is 4.98 Å². The van der Waals surface area contributed by atoms with Crippen molar-refractivity contribution in [2.24, 2.45) is 5.41 Å². The largest absolute Gasteiger partial charge is 0.379 e.